The van der Waals surface area contributed by atoms with Gasteiger partial charge in [0.2, 0.25) is 0 Å². The minimum absolute atomic E-state index is 0. The minimum Gasteiger partial charge on any atom is -0.348 e. The van der Waals surface area contributed by atoms with Crippen LogP contribution < -0.4 is 10.6 Å². The molecule has 1 aliphatic heterocycles. The largest absolute Gasteiger partial charge is 0.348 e. The Morgan fingerprint density at radius 3 is 2.45 bits per heavy atom. The van der Waals surface area contributed by atoms with Gasteiger partial charge in [-0.15, -0.1) is 12.4 Å². The first kappa shape index (κ1) is 16.8. The summed E-state index contributed by atoms with van der Waals surface area (Å²) in [5.41, 5.74) is -0.737. The van der Waals surface area contributed by atoms with Gasteiger partial charge in [-0.2, -0.15) is 0 Å². The van der Waals surface area contributed by atoms with Crippen LogP contribution in [0.2, 0.25) is 0 Å². The Labute approximate surface area is 121 Å². The lowest BCUT2D eigenvalue weighted by molar-refractivity contribution is 0.0906. The Morgan fingerprint density at radius 2 is 1.90 bits per heavy atom. The molecule has 0 aliphatic carbocycles. The zero-order valence-electron chi connectivity index (χ0n) is 10.9. The molecule has 0 spiro atoms. The molecule has 2 N–H and O–H groups in total. The van der Waals surface area contributed by atoms with Gasteiger partial charge >= 0.3 is 0 Å². The molecule has 1 aromatic carbocycles. The SMILES string of the molecule is CC1CCNCC1NC(=O)c1c(F)cc(F)cc1F.Cl. The number of benzene rings is 1. The van der Waals surface area contributed by atoms with Crippen molar-refractivity contribution in [1.82, 2.24) is 10.6 Å². The molecule has 3 nitrogen and oxygen atoms in total. The summed E-state index contributed by atoms with van der Waals surface area (Å²) in [6.45, 7) is 3.37. The molecular weight excluding hydrogens is 293 g/mol. The van der Waals surface area contributed by atoms with Gasteiger partial charge in [0.25, 0.3) is 5.91 Å². The standard InChI is InChI=1S/C13H15F3N2O.ClH/c1-7-2-3-17-6-11(7)18-13(19)12-9(15)4-8(14)5-10(12)16;/h4-5,7,11,17H,2-3,6H2,1H3,(H,18,19);1H. The van der Waals surface area contributed by atoms with E-state index in [0.29, 0.717) is 18.7 Å². The molecule has 1 fully saturated rings. The maximum Gasteiger partial charge on any atom is 0.257 e. The summed E-state index contributed by atoms with van der Waals surface area (Å²) in [6.07, 6.45) is 0.874. The van der Waals surface area contributed by atoms with Gasteiger partial charge in [-0.3, -0.25) is 4.79 Å². The van der Waals surface area contributed by atoms with E-state index in [-0.39, 0.29) is 24.4 Å². The highest BCUT2D eigenvalue weighted by atomic mass is 35.5. The Bertz CT molecular complexity index is 475. The predicted octanol–water partition coefficient (Wildman–Crippen LogP) is 2.25. The summed E-state index contributed by atoms with van der Waals surface area (Å²) in [7, 11) is 0. The van der Waals surface area contributed by atoms with Gasteiger partial charge in [0.1, 0.15) is 23.0 Å². The van der Waals surface area contributed by atoms with Gasteiger partial charge in [0, 0.05) is 24.7 Å². The molecule has 0 aromatic heterocycles. The molecule has 1 heterocycles. The van der Waals surface area contributed by atoms with Crippen molar-refractivity contribution in [3.63, 3.8) is 0 Å². The van der Waals surface area contributed by atoms with E-state index in [1.165, 1.54) is 0 Å². The highest BCUT2D eigenvalue weighted by molar-refractivity contribution is 5.95. The normalized spacial score (nSPS) is 22.0. The fourth-order valence-electron chi connectivity index (χ4n) is 2.18. The Balaban J connectivity index is 0.00000200. The van der Waals surface area contributed by atoms with Crippen molar-refractivity contribution in [2.75, 3.05) is 13.1 Å². The van der Waals surface area contributed by atoms with Crippen LogP contribution in [0.1, 0.15) is 23.7 Å². The molecule has 1 aliphatic rings. The number of nitrogens with one attached hydrogen (secondary N) is 2. The predicted molar refractivity (Wildman–Crippen MR) is 71.5 cm³/mol. The highest BCUT2D eigenvalue weighted by Gasteiger charge is 2.26. The maximum atomic E-state index is 13.5. The summed E-state index contributed by atoms with van der Waals surface area (Å²) in [5, 5.41) is 5.68. The third-order valence-corrected chi connectivity index (χ3v) is 3.38. The molecule has 1 saturated heterocycles. The fourth-order valence-corrected chi connectivity index (χ4v) is 2.18. The topological polar surface area (TPSA) is 41.1 Å². The van der Waals surface area contributed by atoms with Gasteiger partial charge in [-0.25, -0.2) is 13.2 Å². The number of halogens is 4. The lowest BCUT2D eigenvalue weighted by atomic mass is 9.94. The summed E-state index contributed by atoms with van der Waals surface area (Å²) in [6, 6.07) is 0.811. The molecule has 20 heavy (non-hydrogen) atoms. The number of rotatable bonds is 2. The molecule has 112 valence electrons. The lowest BCUT2D eigenvalue weighted by Gasteiger charge is -2.30. The Kier molecular flexibility index (Phi) is 5.83. The van der Waals surface area contributed by atoms with Crippen LogP contribution in [0.25, 0.3) is 0 Å². The van der Waals surface area contributed by atoms with Crippen LogP contribution >= 0.6 is 12.4 Å². The summed E-state index contributed by atoms with van der Waals surface area (Å²) in [4.78, 5) is 11.9. The third kappa shape index (κ3) is 3.64. The van der Waals surface area contributed by atoms with Crippen LogP contribution in [0.5, 0.6) is 0 Å². The average Bonchev–Trinajstić information content (AvgIpc) is 2.30. The van der Waals surface area contributed by atoms with E-state index in [0.717, 1.165) is 13.0 Å². The molecule has 2 unspecified atom stereocenters. The van der Waals surface area contributed by atoms with E-state index in [9.17, 15) is 18.0 Å². The Morgan fingerprint density at radius 1 is 1.30 bits per heavy atom. The minimum atomic E-state index is -1.19. The zero-order valence-corrected chi connectivity index (χ0v) is 11.7. The number of amides is 1. The van der Waals surface area contributed by atoms with Crippen molar-refractivity contribution in [3.8, 4) is 0 Å². The van der Waals surface area contributed by atoms with Crippen LogP contribution in [0.4, 0.5) is 13.2 Å². The van der Waals surface area contributed by atoms with Gasteiger partial charge in [-0.05, 0) is 18.9 Å². The van der Waals surface area contributed by atoms with Gasteiger partial charge in [-0.1, -0.05) is 6.92 Å². The van der Waals surface area contributed by atoms with Gasteiger partial charge < -0.3 is 10.6 Å². The first-order chi connectivity index (χ1) is 8.99. The van der Waals surface area contributed by atoms with E-state index in [4.69, 9.17) is 0 Å². The van der Waals surface area contributed by atoms with Crippen molar-refractivity contribution in [3.05, 3.63) is 35.1 Å². The number of carbonyl (C=O) groups excluding carboxylic acids is 1. The molecule has 0 bridgehead atoms. The van der Waals surface area contributed by atoms with Crippen molar-refractivity contribution in [2.24, 2.45) is 5.92 Å². The molecule has 2 rings (SSSR count). The first-order valence-corrected chi connectivity index (χ1v) is 6.15. The third-order valence-electron chi connectivity index (χ3n) is 3.38. The van der Waals surface area contributed by atoms with E-state index in [1.807, 2.05) is 6.92 Å². The van der Waals surface area contributed by atoms with Crippen molar-refractivity contribution >= 4 is 18.3 Å². The van der Waals surface area contributed by atoms with Crippen LogP contribution in [0.15, 0.2) is 12.1 Å². The van der Waals surface area contributed by atoms with Crippen LogP contribution in [0.3, 0.4) is 0 Å². The molecule has 1 aromatic rings. The van der Waals surface area contributed by atoms with E-state index >= 15 is 0 Å². The lowest BCUT2D eigenvalue weighted by Crippen LogP contribution is -2.50. The second kappa shape index (κ2) is 6.95. The monoisotopic (exact) mass is 308 g/mol. The molecule has 2 atom stereocenters. The molecule has 0 radical (unpaired) electrons. The van der Waals surface area contributed by atoms with Crippen LogP contribution in [-0.2, 0) is 0 Å². The van der Waals surface area contributed by atoms with Crippen molar-refractivity contribution in [2.45, 2.75) is 19.4 Å². The second-order valence-corrected chi connectivity index (χ2v) is 4.79. The number of piperidine rings is 1. The molecular formula is C13H16ClF3N2O. The first-order valence-electron chi connectivity index (χ1n) is 6.15. The van der Waals surface area contributed by atoms with E-state index in [2.05, 4.69) is 10.6 Å². The number of hydrogen-bond donors (Lipinski definition) is 2. The number of carbonyl (C=O) groups is 1. The molecule has 0 saturated carbocycles. The average molecular weight is 309 g/mol. The van der Waals surface area contributed by atoms with Crippen LogP contribution in [0, 0.1) is 23.4 Å². The van der Waals surface area contributed by atoms with Gasteiger partial charge in [0.15, 0.2) is 0 Å². The maximum absolute atomic E-state index is 13.5. The molecule has 7 heteroatoms. The highest BCUT2D eigenvalue weighted by Crippen LogP contribution is 2.17. The summed E-state index contributed by atoms with van der Waals surface area (Å²) < 4.78 is 39.7. The quantitative estimate of drug-likeness (QED) is 0.880. The summed E-state index contributed by atoms with van der Waals surface area (Å²) >= 11 is 0. The van der Waals surface area contributed by atoms with E-state index in [1.54, 1.807) is 0 Å². The molecule has 1 amide bonds. The fraction of sp³-hybridized carbons (Fsp3) is 0.462. The van der Waals surface area contributed by atoms with E-state index < -0.39 is 28.9 Å². The van der Waals surface area contributed by atoms with Crippen molar-refractivity contribution < 1.29 is 18.0 Å². The second-order valence-electron chi connectivity index (χ2n) is 4.79. The van der Waals surface area contributed by atoms with Crippen molar-refractivity contribution in [1.29, 1.82) is 0 Å². The Hall–Kier alpha value is -1.27. The van der Waals surface area contributed by atoms with Gasteiger partial charge in [0.05, 0.1) is 0 Å². The number of hydrogen-bond acceptors (Lipinski definition) is 2. The summed E-state index contributed by atoms with van der Waals surface area (Å²) in [5.74, 6) is -4.05. The zero-order chi connectivity index (χ0) is 14.0. The smallest absolute Gasteiger partial charge is 0.257 e. The van der Waals surface area contributed by atoms with Crippen LogP contribution in [-0.4, -0.2) is 25.0 Å².